The van der Waals surface area contributed by atoms with Crippen LogP contribution in [0.3, 0.4) is 0 Å². The van der Waals surface area contributed by atoms with Crippen molar-refractivity contribution in [1.82, 2.24) is 4.90 Å². The second kappa shape index (κ2) is 11.2. The molecule has 0 unspecified atom stereocenters. The second-order valence-corrected chi connectivity index (χ2v) is 7.31. The molecule has 0 aliphatic rings. The summed E-state index contributed by atoms with van der Waals surface area (Å²) in [5, 5.41) is 18.5. The maximum Gasteiger partial charge on any atom is 0.328 e. The first kappa shape index (κ1) is 24.7. The van der Waals surface area contributed by atoms with Crippen molar-refractivity contribution in [3.05, 3.63) is 41.7 Å². The van der Waals surface area contributed by atoms with Crippen LogP contribution < -0.4 is 4.74 Å². The summed E-state index contributed by atoms with van der Waals surface area (Å²) in [7, 11) is 0. The lowest BCUT2D eigenvalue weighted by molar-refractivity contribution is -0.137. The number of nitrogens with zero attached hydrogens (tertiary/aromatic N) is 1. The lowest BCUT2D eigenvalue weighted by Crippen LogP contribution is -2.28. The summed E-state index contributed by atoms with van der Waals surface area (Å²) in [5.74, 6) is -1.29. The molecule has 0 spiro atoms. The molecule has 1 amide bonds. The van der Waals surface area contributed by atoms with Crippen LogP contribution in [-0.4, -0.2) is 52.7 Å². The maximum atomic E-state index is 12.5. The number of hydrogen-bond donors (Lipinski definition) is 2. The highest BCUT2D eigenvalue weighted by molar-refractivity contribution is 6.02. The summed E-state index contributed by atoms with van der Waals surface area (Å²) >= 11 is 0. The van der Waals surface area contributed by atoms with Crippen LogP contribution in [0.25, 0.3) is 22.1 Å². The monoisotopic (exact) mass is 443 g/mol. The minimum atomic E-state index is -1.09. The standard InChI is InChI=1S/C24H29NO7/c1-5-25(6-2)21(26)12-15(3)17-9-10-19(31-11-7-8-22(27)28)24-18(17)14-20(32-24)16(4)13-23(29)30/h9-10,12-14H,5-8,11H2,1-4H3,(H,27,28)(H,29,30). The lowest BCUT2D eigenvalue weighted by atomic mass is 10.0. The smallest absolute Gasteiger partial charge is 0.328 e. The van der Waals surface area contributed by atoms with E-state index in [0.29, 0.717) is 47.6 Å². The van der Waals surface area contributed by atoms with Gasteiger partial charge in [0.1, 0.15) is 5.76 Å². The number of amides is 1. The Morgan fingerprint density at radius 1 is 1.06 bits per heavy atom. The van der Waals surface area contributed by atoms with Crippen LogP contribution in [0.1, 0.15) is 51.9 Å². The molecule has 1 aromatic heterocycles. The zero-order valence-corrected chi connectivity index (χ0v) is 18.8. The van der Waals surface area contributed by atoms with E-state index in [-0.39, 0.29) is 18.9 Å². The summed E-state index contributed by atoms with van der Waals surface area (Å²) in [6, 6.07) is 5.25. The Balaban J connectivity index is 2.51. The van der Waals surface area contributed by atoms with Crippen molar-refractivity contribution >= 4 is 40.0 Å². The number of carbonyl (C=O) groups excluding carboxylic acids is 1. The molecule has 0 atom stereocenters. The van der Waals surface area contributed by atoms with Gasteiger partial charge in [0.15, 0.2) is 11.3 Å². The third-order valence-electron chi connectivity index (χ3n) is 5.01. The Labute approximate surface area is 186 Å². The Morgan fingerprint density at radius 3 is 2.34 bits per heavy atom. The van der Waals surface area contributed by atoms with E-state index in [1.807, 2.05) is 26.8 Å². The summed E-state index contributed by atoms with van der Waals surface area (Å²) in [4.78, 5) is 36.0. The van der Waals surface area contributed by atoms with Crippen molar-refractivity contribution < 1.29 is 33.8 Å². The molecule has 172 valence electrons. The molecule has 0 saturated carbocycles. The predicted molar refractivity (Wildman–Crippen MR) is 121 cm³/mol. The van der Waals surface area contributed by atoms with Gasteiger partial charge in [-0.2, -0.15) is 0 Å². The summed E-state index contributed by atoms with van der Waals surface area (Å²) in [6.07, 6.45) is 2.95. The van der Waals surface area contributed by atoms with E-state index in [0.717, 1.165) is 17.2 Å². The molecule has 1 aromatic carbocycles. The van der Waals surface area contributed by atoms with Gasteiger partial charge in [0.2, 0.25) is 5.91 Å². The minimum absolute atomic E-state index is 0.0135. The van der Waals surface area contributed by atoms with Gasteiger partial charge in [0.05, 0.1) is 6.61 Å². The summed E-state index contributed by atoms with van der Waals surface area (Å²) in [5.41, 5.74) is 2.33. The van der Waals surface area contributed by atoms with Crippen molar-refractivity contribution in [2.75, 3.05) is 19.7 Å². The van der Waals surface area contributed by atoms with Crippen LogP contribution in [0.5, 0.6) is 5.75 Å². The van der Waals surface area contributed by atoms with Gasteiger partial charge in [-0.3, -0.25) is 9.59 Å². The number of furan rings is 1. The molecule has 2 aromatic rings. The van der Waals surface area contributed by atoms with Gasteiger partial charge in [-0.05, 0) is 63.0 Å². The van der Waals surface area contributed by atoms with Gasteiger partial charge >= 0.3 is 11.9 Å². The number of hydrogen-bond acceptors (Lipinski definition) is 5. The molecule has 0 fully saturated rings. The first-order chi connectivity index (χ1) is 15.2. The van der Waals surface area contributed by atoms with Crippen molar-refractivity contribution in [3.63, 3.8) is 0 Å². The number of aliphatic carboxylic acids is 2. The maximum absolute atomic E-state index is 12.5. The predicted octanol–water partition coefficient (Wildman–Crippen LogP) is 4.44. The Morgan fingerprint density at radius 2 is 1.75 bits per heavy atom. The average Bonchev–Trinajstić information content (AvgIpc) is 3.17. The molecule has 8 nitrogen and oxygen atoms in total. The zero-order chi connectivity index (χ0) is 23.8. The van der Waals surface area contributed by atoms with E-state index in [1.165, 1.54) is 0 Å². The lowest BCUT2D eigenvalue weighted by Gasteiger charge is -2.17. The first-order valence-corrected chi connectivity index (χ1v) is 10.5. The third kappa shape index (κ3) is 6.23. The number of carboxylic acid groups (broad SMARTS) is 2. The van der Waals surface area contributed by atoms with E-state index in [4.69, 9.17) is 19.4 Å². The summed E-state index contributed by atoms with van der Waals surface area (Å²) in [6.45, 7) is 8.69. The fourth-order valence-corrected chi connectivity index (χ4v) is 3.30. The third-order valence-corrected chi connectivity index (χ3v) is 5.01. The van der Waals surface area contributed by atoms with E-state index in [9.17, 15) is 14.4 Å². The number of benzene rings is 1. The highest BCUT2D eigenvalue weighted by atomic mass is 16.5. The normalized spacial score (nSPS) is 12.1. The fourth-order valence-electron chi connectivity index (χ4n) is 3.30. The van der Waals surface area contributed by atoms with Crippen molar-refractivity contribution in [2.45, 2.75) is 40.5 Å². The zero-order valence-electron chi connectivity index (χ0n) is 18.8. The van der Waals surface area contributed by atoms with Crippen LogP contribution in [-0.2, 0) is 14.4 Å². The number of fused-ring (bicyclic) bond motifs is 1. The summed E-state index contributed by atoms with van der Waals surface area (Å²) < 4.78 is 11.7. The van der Waals surface area contributed by atoms with Crippen molar-refractivity contribution in [1.29, 1.82) is 0 Å². The second-order valence-electron chi connectivity index (χ2n) is 7.31. The number of carbonyl (C=O) groups is 3. The van der Waals surface area contributed by atoms with Gasteiger partial charge in [0, 0.05) is 37.0 Å². The molecule has 1 heterocycles. The van der Waals surface area contributed by atoms with Crippen LogP contribution >= 0.6 is 0 Å². The van der Waals surface area contributed by atoms with Crippen LogP contribution in [0, 0.1) is 0 Å². The molecule has 0 radical (unpaired) electrons. The van der Waals surface area contributed by atoms with Gasteiger partial charge < -0.3 is 24.3 Å². The highest BCUT2D eigenvalue weighted by Gasteiger charge is 2.17. The van der Waals surface area contributed by atoms with E-state index in [1.54, 1.807) is 30.0 Å². The van der Waals surface area contributed by atoms with E-state index < -0.39 is 11.9 Å². The van der Waals surface area contributed by atoms with E-state index in [2.05, 4.69) is 0 Å². The van der Waals surface area contributed by atoms with Gasteiger partial charge in [-0.25, -0.2) is 4.79 Å². The quantitative estimate of drug-likeness (QED) is 0.389. The number of carboxylic acids is 2. The van der Waals surface area contributed by atoms with Crippen LogP contribution in [0.15, 0.2) is 34.8 Å². The van der Waals surface area contributed by atoms with Gasteiger partial charge in [-0.15, -0.1) is 0 Å². The first-order valence-electron chi connectivity index (χ1n) is 10.5. The fraction of sp³-hybridized carbons (Fsp3) is 0.375. The Bertz CT molecular complexity index is 1060. The number of likely N-dealkylation sites (N-methyl/N-ethyl adjacent to an activating group) is 1. The number of allylic oxidation sites excluding steroid dienone is 2. The minimum Gasteiger partial charge on any atom is -0.490 e. The SMILES string of the molecule is CCN(CC)C(=O)C=C(C)c1ccc(OCCCC(=O)O)c2oc(C(C)=CC(=O)O)cc12. The van der Waals surface area contributed by atoms with Gasteiger partial charge in [0.25, 0.3) is 0 Å². The molecule has 0 bridgehead atoms. The Hall–Kier alpha value is -3.55. The molecule has 32 heavy (non-hydrogen) atoms. The highest BCUT2D eigenvalue weighted by Crippen LogP contribution is 2.36. The average molecular weight is 443 g/mol. The number of ether oxygens (including phenoxy) is 1. The molecule has 0 aliphatic carbocycles. The van der Waals surface area contributed by atoms with Crippen molar-refractivity contribution in [3.8, 4) is 5.75 Å². The Kier molecular flexibility index (Phi) is 8.63. The molecular weight excluding hydrogens is 414 g/mol. The molecule has 0 saturated heterocycles. The topological polar surface area (TPSA) is 117 Å². The molecular formula is C24H29NO7. The van der Waals surface area contributed by atoms with Gasteiger partial charge in [-0.1, -0.05) is 6.07 Å². The van der Waals surface area contributed by atoms with Crippen molar-refractivity contribution in [2.24, 2.45) is 0 Å². The van der Waals surface area contributed by atoms with E-state index >= 15 is 0 Å². The molecule has 0 aliphatic heterocycles. The molecule has 8 heteroatoms. The number of rotatable bonds is 11. The molecule has 2 N–H and O–H groups in total. The van der Waals surface area contributed by atoms with Crippen LogP contribution in [0.4, 0.5) is 0 Å². The molecule has 2 rings (SSSR count). The van der Waals surface area contributed by atoms with Crippen LogP contribution in [0.2, 0.25) is 0 Å². The largest absolute Gasteiger partial charge is 0.490 e.